The number of primary amides is 1. The van der Waals surface area contributed by atoms with Crippen LogP contribution in [0.25, 0.3) is 0 Å². The average molecular weight is 235 g/mol. The molecule has 0 radical (unpaired) electrons. The monoisotopic (exact) mass is 234 g/mol. The Hall–Kier alpha value is -0.810. The van der Waals surface area contributed by atoms with E-state index in [1.54, 1.807) is 6.92 Å². The van der Waals surface area contributed by atoms with Crippen molar-refractivity contribution in [2.75, 3.05) is 12.4 Å². The van der Waals surface area contributed by atoms with Crippen molar-refractivity contribution >= 4 is 23.4 Å². The van der Waals surface area contributed by atoms with Crippen LogP contribution in [0.2, 0.25) is 0 Å². The molecule has 1 aliphatic rings. The second-order valence-electron chi connectivity index (χ2n) is 3.85. The smallest absolute Gasteiger partial charge is 0.240 e. The summed E-state index contributed by atoms with van der Waals surface area (Å²) in [6.07, 6.45) is -0.454. The quantitative estimate of drug-likeness (QED) is 0.634. The molecular formula is C9H15ClN2O3. The van der Waals surface area contributed by atoms with E-state index in [4.69, 9.17) is 17.3 Å². The first-order valence-corrected chi connectivity index (χ1v) is 5.34. The Labute approximate surface area is 93.2 Å². The fourth-order valence-electron chi connectivity index (χ4n) is 1.68. The molecule has 0 saturated carbocycles. The molecule has 1 heterocycles. The van der Waals surface area contributed by atoms with E-state index in [2.05, 4.69) is 0 Å². The fraction of sp³-hybridized carbons (Fsp3) is 0.778. The van der Waals surface area contributed by atoms with Crippen molar-refractivity contribution in [2.24, 2.45) is 11.7 Å². The lowest BCUT2D eigenvalue weighted by Gasteiger charge is -2.24. The van der Waals surface area contributed by atoms with Crippen molar-refractivity contribution in [2.45, 2.75) is 25.5 Å². The lowest BCUT2D eigenvalue weighted by molar-refractivity contribution is -0.139. The number of rotatable bonds is 3. The highest BCUT2D eigenvalue weighted by molar-refractivity contribution is 6.19. The summed E-state index contributed by atoms with van der Waals surface area (Å²) in [5.41, 5.74) is 5.15. The van der Waals surface area contributed by atoms with Crippen LogP contribution in [0.4, 0.5) is 0 Å². The van der Waals surface area contributed by atoms with Crippen LogP contribution in [0.3, 0.4) is 0 Å². The highest BCUT2D eigenvalue weighted by atomic mass is 35.5. The Morgan fingerprint density at radius 3 is 2.73 bits per heavy atom. The molecule has 2 amide bonds. The molecule has 0 aromatic rings. The summed E-state index contributed by atoms with van der Waals surface area (Å²) in [7, 11) is 0. The van der Waals surface area contributed by atoms with E-state index in [-0.39, 0.29) is 30.7 Å². The maximum atomic E-state index is 11.8. The van der Waals surface area contributed by atoms with Gasteiger partial charge in [0.05, 0.1) is 6.10 Å². The van der Waals surface area contributed by atoms with Crippen LogP contribution in [0.1, 0.15) is 13.3 Å². The van der Waals surface area contributed by atoms with Gasteiger partial charge >= 0.3 is 0 Å². The van der Waals surface area contributed by atoms with Crippen molar-refractivity contribution in [3.05, 3.63) is 0 Å². The van der Waals surface area contributed by atoms with Crippen LogP contribution in [-0.2, 0) is 9.59 Å². The number of halogens is 1. The molecule has 86 valence electrons. The maximum absolute atomic E-state index is 11.8. The lowest BCUT2D eigenvalue weighted by Crippen LogP contribution is -2.46. The number of carbonyl (C=O) groups is 2. The Kier molecular flexibility index (Phi) is 3.93. The highest BCUT2D eigenvalue weighted by Gasteiger charge is 2.38. The lowest BCUT2D eigenvalue weighted by atomic mass is 10.1. The largest absolute Gasteiger partial charge is 0.391 e. The number of aliphatic hydroxyl groups excluding tert-OH is 1. The Morgan fingerprint density at radius 1 is 1.67 bits per heavy atom. The van der Waals surface area contributed by atoms with E-state index < -0.39 is 18.1 Å². The first kappa shape index (κ1) is 12.3. The van der Waals surface area contributed by atoms with Crippen LogP contribution in [0.5, 0.6) is 0 Å². The summed E-state index contributed by atoms with van der Waals surface area (Å²) < 4.78 is 0. The van der Waals surface area contributed by atoms with E-state index in [1.807, 2.05) is 0 Å². The van der Waals surface area contributed by atoms with Gasteiger partial charge in [0.15, 0.2) is 0 Å². The zero-order valence-corrected chi connectivity index (χ0v) is 9.28. The summed E-state index contributed by atoms with van der Waals surface area (Å²) in [5, 5.41) is 9.39. The summed E-state index contributed by atoms with van der Waals surface area (Å²) >= 11 is 5.56. The van der Waals surface area contributed by atoms with Crippen LogP contribution < -0.4 is 5.73 Å². The van der Waals surface area contributed by atoms with E-state index in [0.29, 0.717) is 0 Å². The first-order valence-electron chi connectivity index (χ1n) is 4.81. The minimum Gasteiger partial charge on any atom is -0.391 e. The molecule has 3 unspecified atom stereocenters. The zero-order chi connectivity index (χ0) is 11.6. The van der Waals surface area contributed by atoms with E-state index in [9.17, 15) is 14.7 Å². The van der Waals surface area contributed by atoms with Crippen LogP contribution >= 0.6 is 11.6 Å². The van der Waals surface area contributed by atoms with Crippen LogP contribution in [-0.4, -0.2) is 46.4 Å². The topological polar surface area (TPSA) is 83.6 Å². The Balaban J connectivity index is 2.75. The van der Waals surface area contributed by atoms with Gasteiger partial charge < -0.3 is 15.7 Å². The summed E-state index contributed by atoms with van der Waals surface area (Å²) in [4.78, 5) is 24.1. The normalized spacial score (nSPS) is 27.8. The van der Waals surface area contributed by atoms with Gasteiger partial charge in [0, 0.05) is 24.8 Å². The van der Waals surface area contributed by atoms with Crippen LogP contribution in [0, 0.1) is 5.92 Å². The number of carbonyl (C=O) groups excluding carboxylic acids is 2. The second-order valence-corrected chi connectivity index (χ2v) is 4.16. The summed E-state index contributed by atoms with van der Waals surface area (Å²) in [6, 6.07) is -0.696. The number of hydrogen-bond donors (Lipinski definition) is 2. The number of amides is 2. The molecule has 0 aliphatic carbocycles. The molecule has 0 spiro atoms. The van der Waals surface area contributed by atoms with Crippen molar-refractivity contribution in [3.63, 3.8) is 0 Å². The Morgan fingerprint density at radius 2 is 2.27 bits per heavy atom. The maximum Gasteiger partial charge on any atom is 0.240 e. The minimum absolute atomic E-state index is 0.160. The van der Waals surface area contributed by atoms with Crippen molar-refractivity contribution < 1.29 is 14.7 Å². The van der Waals surface area contributed by atoms with Gasteiger partial charge in [-0.3, -0.25) is 9.59 Å². The number of alkyl halides is 1. The first-order chi connectivity index (χ1) is 6.97. The molecule has 3 atom stereocenters. The average Bonchev–Trinajstić information content (AvgIpc) is 2.58. The number of aliphatic hydroxyl groups is 1. The fourth-order valence-corrected chi connectivity index (χ4v) is 1.81. The molecule has 3 N–H and O–H groups in total. The third-order valence-electron chi connectivity index (χ3n) is 2.54. The predicted octanol–water partition coefficient (Wildman–Crippen LogP) is -0.692. The predicted molar refractivity (Wildman–Crippen MR) is 55.2 cm³/mol. The number of nitrogens with zero attached hydrogens (tertiary/aromatic N) is 1. The summed E-state index contributed by atoms with van der Waals surface area (Å²) in [6.45, 7) is 1.84. The third kappa shape index (κ3) is 2.60. The van der Waals surface area contributed by atoms with Crippen molar-refractivity contribution in [1.29, 1.82) is 0 Å². The summed E-state index contributed by atoms with van der Waals surface area (Å²) in [5.74, 6) is -0.984. The number of nitrogens with two attached hydrogens (primary N) is 1. The number of hydrogen-bond acceptors (Lipinski definition) is 3. The Bertz CT molecular complexity index is 272. The van der Waals surface area contributed by atoms with Gasteiger partial charge in [0.25, 0.3) is 0 Å². The van der Waals surface area contributed by atoms with Gasteiger partial charge in [-0.25, -0.2) is 0 Å². The van der Waals surface area contributed by atoms with Gasteiger partial charge in [-0.05, 0) is 0 Å². The molecule has 0 bridgehead atoms. The third-order valence-corrected chi connectivity index (χ3v) is 3.01. The SMILES string of the molecule is CC(CCl)C(=O)N1CC(O)CC1C(N)=O. The van der Waals surface area contributed by atoms with E-state index >= 15 is 0 Å². The van der Waals surface area contributed by atoms with Gasteiger partial charge in [-0.2, -0.15) is 0 Å². The van der Waals surface area contributed by atoms with Crippen molar-refractivity contribution in [1.82, 2.24) is 4.90 Å². The van der Waals surface area contributed by atoms with E-state index in [1.165, 1.54) is 4.90 Å². The molecule has 0 aromatic heterocycles. The highest BCUT2D eigenvalue weighted by Crippen LogP contribution is 2.20. The molecule has 1 rings (SSSR count). The standard InChI is InChI=1S/C9H15ClN2O3/c1-5(3-10)9(15)12-4-6(13)2-7(12)8(11)14/h5-7,13H,2-4H2,1H3,(H2,11,14). The minimum atomic E-state index is -0.696. The molecule has 5 nitrogen and oxygen atoms in total. The number of likely N-dealkylation sites (tertiary alicyclic amines) is 1. The molecule has 1 saturated heterocycles. The van der Waals surface area contributed by atoms with Gasteiger partial charge in [-0.15, -0.1) is 11.6 Å². The van der Waals surface area contributed by atoms with Gasteiger partial charge in [-0.1, -0.05) is 6.92 Å². The van der Waals surface area contributed by atoms with Gasteiger partial charge in [0.1, 0.15) is 6.04 Å². The van der Waals surface area contributed by atoms with Crippen LogP contribution in [0.15, 0.2) is 0 Å². The second kappa shape index (κ2) is 4.81. The molecule has 0 aromatic carbocycles. The zero-order valence-electron chi connectivity index (χ0n) is 8.52. The number of β-amino-alcohol motifs (C(OH)–C–C–N with tert-alkyl or cyclic N) is 1. The molecule has 1 aliphatic heterocycles. The molecular weight excluding hydrogens is 220 g/mol. The molecule has 1 fully saturated rings. The molecule has 6 heteroatoms. The van der Waals surface area contributed by atoms with Crippen molar-refractivity contribution in [3.8, 4) is 0 Å². The van der Waals surface area contributed by atoms with Gasteiger partial charge in [0.2, 0.25) is 11.8 Å². The molecule has 15 heavy (non-hydrogen) atoms. The van der Waals surface area contributed by atoms with E-state index in [0.717, 1.165) is 0 Å².